The van der Waals surface area contributed by atoms with Crippen LogP contribution in [0.2, 0.25) is 0 Å². The summed E-state index contributed by atoms with van der Waals surface area (Å²) in [6.07, 6.45) is 3.28. The lowest BCUT2D eigenvalue weighted by molar-refractivity contribution is -0.111. The zero-order chi connectivity index (χ0) is 22.0. The maximum Gasteiger partial charge on any atom is 0.248 e. The Balaban J connectivity index is 1.26. The molecule has 0 radical (unpaired) electrons. The van der Waals surface area contributed by atoms with Crippen LogP contribution in [0.4, 0.5) is 5.69 Å². The molecule has 4 aromatic rings. The van der Waals surface area contributed by atoms with E-state index in [1.807, 2.05) is 109 Å². The van der Waals surface area contributed by atoms with Crippen molar-refractivity contribution in [2.45, 2.75) is 6.61 Å². The first-order valence-electron chi connectivity index (χ1n) is 10.3. The Labute approximate surface area is 187 Å². The molecule has 0 saturated carbocycles. The van der Waals surface area contributed by atoms with E-state index in [0.29, 0.717) is 18.0 Å². The van der Waals surface area contributed by atoms with Crippen molar-refractivity contribution in [3.8, 4) is 17.2 Å². The van der Waals surface area contributed by atoms with Gasteiger partial charge in [-0.1, -0.05) is 60.7 Å². The van der Waals surface area contributed by atoms with E-state index in [2.05, 4.69) is 5.32 Å². The van der Waals surface area contributed by atoms with Crippen molar-refractivity contribution in [1.82, 2.24) is 0 Å². The zero-order valence-electron chi connectivity index (χ0n) is 17.5. The standard InChI is InChI=1S/C28H23NO3/c30-28(29-24-14-18-27(19-15-24)32-26-9-5-2-6-10-26)20-13-22-11-16-25(17-12-22)31-21-23-7-3-1-4-8-23/h1-20H,21H2,(H,29,30)/b20-13+. The Morgan fingerprint density at radius 2 is 1.28 bits per heavy atom. The van der Waals surface area contributed by atoms with E-state index in [-0.39, 0.29) is 5.91 Å². The van der Waals surface area contributed by atoms with Gasteiger partial charge in [0.05, 0.1) is 0 Å². The van der Waals surface area contributed by atoms with E-state index in [1.165, 1.54) is 6.08 Å². The molecular formula is C28H23NO3. The summed E-state index contributed by atoms with van der Waals surface area (Å²) in [6, 6.07) is 34.5. The Morgan fingerprint density at radius 3 is 1.97 bits per heavy atom. The van der Waals surface area contributed by atoms with Gasteiger partial charge in [0.1, 0.15) is 23.9 Å². The van der Waals surface area contributed by atoms with Crippen LogP contribution in [0.5, 0.6) is 17.2 Å². The number of anilines is 1. The minimum absolute atomic E-state index is 0.203. The maximum atomic E-state index is 12.2. The van der Waals surface area contributed by atoms with Gasteiger partial charge in [-0.25, -0.2) is 0 Å². The second kappa shape index (κ2) is 10.6. The smallest absolute Gasteiger partial charge is 0.248 e. The van der Waals surface area contributed by atoms with Gasteiger partial charge in [-0.15, -0.1) is 0 Å². The number of amides is 1. The molecule has 0 bridgehead atoms. The van der Waals surface area contributed by atoms with Crippen LogP contribution >= 0.6 is 0 Å². The molecule has 0 spiro atoms. The van der Waals surface area contributed by atoms with E-state index in [4.69, 9.17) is 9.47 Å². The molecule has 158 valence electrons. The SMILES string of the molecule is O=C(/C=C/c1ccc(OCc2ccccc2)cc1)Nc1ccc(Oc2ccccc2)cc1. The van der Waals surface area contributed by atoms with Crippen LogP contribution in [0.15, 0.2) is 115 Å². The summed E-state index contributed by atoms with van der Waals surface area (Å²) in [5, 5.41) is 2.85. The fourth-order valence-electron chi connectivity index (χ4n) is 3.00. The molecule has 0 heterocycles. The van der Waals surface area contributed by atoms with E-state index >= 15 is 0 Å². The van der Waals surface area contributed by atoms with Gasteiger partial charge in [-0.3, -0.25) is 4.79 Å². The number of para-hydroxylation sites is 1. The lowest BCUT2D eigenvalue weighted by atomic mass is 10.2. The largest absolute Gasteiger partial charge is 0.489 e. The number of rotatable bonds is 8. The second-order valence-electron chi connectivity index (χ2n) is 7.11. The summed E-state index contributed by atoms with van der Waals surface area (Å²) >= 11 is 0. The molecular weight excluding hydrogens is 398 g/mol. The third-order valence-corrected chi connectivity index (χ3v) is 4.66. The fourth-order valence-corrected chi connectivity index (χ4v) is 3.00. The molecule has 4 heteroatoms. The highest BCUT2D eigenvalue weighted by Crippen LogP contribution is 2.22. The molecule has 0 aromatic heterocycles. The minimum atomic E-state index is -0.203. The summed E-state index contributed by atoms with van der Waals surface area (Å²) in [5.41, 5.74) is 2.73. The molecule has 0 aliphatic rings. The van der Waals surface area contributed by atoms with Gasteiger partial charge in [-0.05, 0) is 65.7 Å². The van der Waals surface area contributed by atoms with Crippen molar-refractivity contribution in [2.24, 2.45) is 0 Å². The quantitative estimate of drug-likeness (QED) is 0.322. The van der Waals surface area contributed by atoms with E-state index in [0.717, 1.165) is 22.6 Å². The Morgan fingerprint density at radius 1 is 0.688 bits per heavy atom. The van der Waals surface area contributed by atoms with Gasteiger partial charge >= 0.3 is 0 Å². The molecule has 0 aliphatic heterocycles. The topological polar surface area (TPSA) is 47.6 Å². The molecule has 1 N–H and O–H groups in total. The van der Waals surface area contributed by atoms with Crippen molar-refractivity contribution in [3.63, 3.8) is 0 Å². The highest BCUT2D eigenvalue weighted by molar-refractivity contribution is 6.01. The van der Waals surface area contributed by atoms with E-state index in [9.17, 15) is 4.79 Å². The zero-order valence-corrected chi connectivity index (χ0v) is 17.5. The van der Waals surface area contributed by atoms with Crippen LogP contribution in [0.1, 0.15) is 11.1 Å². The Bertz CT molecular complexity index is 1150. The number of hydrogen-bond donors (Lipinski definition) is 1. The highest BCUT2D eigenvalue weighted by Gasteiger charge is 2.01. The van der Waals surface area contributed by atoms with E-state index < -0.39 is 0 Å². The molecule has 4 rings (SSSR count). The number of hydrogen-bond acceptors (Lipinski definition) is 3. The molecule has 0 unspecified atom stereocenters. The first-order chi connectivity index (χ1) is 15.7. The van der Waals surface area contributed by atoms with Crippen molar-refractivity contribution in [1.29, 1.82) is 0 Å². The summed E-state index contributed by atoms with van der Waals surface area (Å²) < 4.78 is 11.5. The van der Waals surface area contributed by atoms with Gasteiger partial charge in [0.2, 0.25) is 5.91 Å². The summed E-state index contributed by atoms with van der Waals surface area (Å²) in [7, 11) is 0. The number of benzene rings is 4. The van der Waals surface area contributed by atoms with Crippen LogP contribution in [-0.4, -0.2) is 5.91 Å². The maximum absolute atomic E-state index is 12.2. The lowest BCUT2D eigenvalue weighted by Crippen LogP contribution is -2.07. The lowest BCUT2D eigenvalue weighted by Gasteiger charge is -2.07. The van der Waals surface area contributed by atoms with E-state index in [1.54, 1.807) is 6.08 Å². The van der Waals surface area contributed by atoms with Gasteiger partial charge < -0.3 is 14.8 Å². The minimum Gasteiger partial charge on any atom is -0.489 e. The van der Waals surface area contributed by atoms with Gasteiger partial charge in [0, 0.05) is 11.8 Å². The average Bonchev–Trinajstić information content (AvgIpc) is 2.85. The molecule has 4 aromatic carbocycles. The number of carbonyl (C=O) groups excluding carboxylic acids is 1. The fraction of sp³-hybridized carbons (Fsp3) is 0.0357. The summed E-state index contributed by atoms with van der Waals surface area (Å²) in [4.78, 5) is 12.2. The first kappa shape index (κ1) is 20.9. The van der Waals surface area contributed by atoms with Gasteiger partial charge in [0.25, 0.3) is 0 Å². The van der Waals surface area contributed by atoms with Crippen molar-refractivity contribution >= 4 is 17.7 Å². The normalized spacial score (nSPS) is 10.6. The van der Waals surface area contributed by atoms with Crippen LogP contribution in [0.25, 0.3) is 6.08 Å². The predicted octanol–water partition coefficient (Wildman–Crippen LogP) is 6.71. The number of nitrogens with one attached hydrogen (secondary N) is 1. The summed E-state index contributed by atoms with van der Waals surface area (Å²) in [6.45, 7) is 0.521. The number of carbonyl (C=O) groups is 1. The van der Waals surface area contributed by atoms with Gasteiger partial charge in [-0.2, -0.15) is 0 Å². The molecule has 0 aliphatic carbocycles. The van der Waals surface area contributed by atoms with Gasteiger partial charge in [0.15, 0.2) is 0 Å². The molecule has 0 fully saturated rings. The van der Waals surface area contributed by atoms with Crippen LogP contribution < -0.4 is 14.8 Å². The highest BCUT2D eigenvalue weighted by atomic mass is 16.5. The van der Waals surface area contributed by atoms with Crippen LogP contribution in [0, 0.1) is 0 Å². The third kappa shape index (κ3) is 6.34. The van der Waals surface area contributed by atoms with Crippen LogP contribution in [-0.2, 0) is 11.4 Å². The van der Waals surface area contributed by atoms with Crippen molar-refractivity contribution in [2.75, 3.05) is 5.32 Å². The number of ether oxygens (including phenoxy) is 2. The third-order valence-electron chi connectivity index (χ3n) is 4.66. The first-order valence-corrected chi connectivity index (χ1v) is 10.3. The summed E-state index contributed by atoms with van der Waals surface area (Å²) in [5.74, 6) is 2.06. The average molecular weight is 421 g/mol. The second-order valence-corrected chi connectivity index (χ2v) is 7.11. The van der Waals surface area contributed by atoms with Crippen molar-refractivity contribution < 1.29 is 14.3 Å². The molecule has 1 amide bonds. The molecule has 4 nitrogen and oxygen atoms in total. The molecule has 32 heavy (non-hydrogen) atoms. The predicted molar refractivity (Wildman–Crippen MR) is 128 cm³/mol. The molecule has 0 saturated heterocycles. The Hall–Kier alpha value is -4.31. The molecule has 0 atom stereocenters. The van der Waals surface area contributed by atoms with Crippen molar-refractivity contribution in [3.05, 3.63) is 126 Å². The Kier molecular flexibility index (Phi) is 6.96. The van der Waals surface area contributed by atoms with Crippen LogP contribution in [0.3, 0.4) is 0 Å². The monoisotopic (exact) mass is 421 g/mol.